The van der Waals surface area contributed by atoms with Crippen LogP contribution in [0.2, 0.25) is 5.02 Å². The van der Waals surface area contributed by atoms with Gasteiger partial charge in [-0.3, -0.25) is 9.48 Å². The number of hydrogen-bond acceptors (Lipinski definition) is 4. The van der Waals surface area contributed by atoms with E-state index in [9.17, 15) is 4.79 Å². The Morgan fingerprint density at radius 2 is 2.33 bits per heavy atom. The number of rotatable bonds is 6. The number of methoxy groups -OCH3 is 1. The number of aromatic nitrogens is 2. The molecule has 1 aromatic carbocycles. The van der Waals surface area contributed by atoms with Crippen LogP contribution in [0.3, 0.4) is 0 Å². The summed E-state index contributed by atoms with van der Waals surface area (Å²) in [5.74, 6) is 0.561. The molecule has 1 amide bonds. The molecule has 21 heavy (non-hydrogen) atoms. The molecule has 0 bridgehead atoms. The largest absolute Gasteiger partial charge is 0.497 e. The summed E-state index contributed by atoms with van der Waals surface area (Å²) in [7, 11) is 1.56. The molecule has 0 spiro atoms. The first-order valence-corrected chi connectivity index (χ1v) is 6.87. The molecule has 112 valence electrons. The fraction of sp³-hybridized carbons (Fsp3) is 0.286. The van der Waals surface area contributed by atoms with E-state index < -0.39 is 0 Å². The van der Waals surface area contributed by atoms with Crippen LogP contribution in [-0.4, -0.2) is 22.8 Å². The van der Waals surface area contributed by atoms with Gasteiger partial charge in [0.2, 0.25) is 5.91 Å². The van der Waals surface area contributed by atoms with E-state index in [1.807, 2.05) is 0 Å². The molecule has 0 saturated heterocycles. The highest BCUT2D eigenvalue weighted by Gasteiger charge is 2.06. The molecule has 0 fully saturated rings. The van der Waals surface area contributed by atoms with Gasteiger partial charge in [-0.25, -0.2) is 0 Å². The molecular weight excluding hydrogens is 292 g/mol. The number of carbonyl (C=O) groups excluding carboxylic acids is 1. The number of hydrogen-bond donors (Lipinski definition) is 2. The quantitative estimate of drug-likeness (QED) is 0.803. The molecule has 0 saturated carbocycles. The first kappa shape index (κ1) is 15.2. The van der Waals surface area contributed by atoms with Gasteiger partial charge in [-0.05, 0) is 18.6 Å². The summed E-state index contributed by atoms with van der Waals surface area (Å²) < 4.78 is 6.76. The summed E-state index contributed by atoms with van der Waals surface area (Å²) in [4.78, 5) is 11.9. The fourth-order valence-electron chi connectivity index (χ4n) is 1.86. The van der Waals surface area contributed by atoms with Gasteiger partial charge in [-0.1, -0.05) is 11.6 Å². The van der Waals surface area contributed by atoms with Crippen molar-refractivity contribution in [2.75, 3.05) is 18.2 Å². The molecule has 0 aliphatic carbocycles. The average Bonchev–Trinajstić information content (AvgIpc) is 2.86. The van der Waals surface area contributed by atoms with Gasteiger partial charge in [-0.2, -0.15) is 5.10 Å². The monoisotopic (exact) mass is 308 g/mol. The van der Waals surface area contributed by atoms with E-state index in [-0.39, 0.29) is 5.91 Å². The third-order valence-electron chi connectivity index (χ3n) is 2.93. The zero-order chi connectivity index (χ0) is 15.2. The van der Waals surface area contributed by atoms with Crippen LogP contribution in [-0.2, 0) is 11.3 Å². The van der Waals surface area contributed by atoms with Crippen LogP contribution in [0.25, 0.3) is 0 Å². The molecule has 2 aromatic rings. The number of carbonyl (C=O) groups is 1. The minimum atomic E-state index is -0.0925. The standard InChI is InChI=1S/C14H17ClN4O2/c1-21-11-4-5-13(12(16)7-11)18-14(20)3-2-6-19-9-10(15)8-17-19/h4-5,7-9H,2-3,6,16H2,1H3,(H,18,20). The summed E-state index contributed by atoms with van der Waals surface area (Å²) in [5, 5.41) is 7.42. The van der Waals surface area contributed by atoms with E-state index in [1.165, 1.54) is 0 Å². The Hall–Kier alpha value is -2.21. The molecule has 2 rings (SSSR count). The minimum absolute atomic E-state index is 0.0925. The number of halogens is 1. The van der Waals surface area contributed by atoms with Crippen molar-refractivity contribution in [1.82, 2.24) is 9.78 Å². The maximum atomic E-state index is 11.9. The van der Waals surface area contributed by atoms with E-state index in [2.05, 4.69) is 10.4 Å². The highest BCUT2D eigenvalue weighted by atomic mass is 35.5. The van der Waals surface area contributed by atoms with E-state index in [4.69, 9.17) is 22.1 Å². The lowest BCUT2D eigenvalue weighted by molar-refractivity contribution is -0.116. The number of amides is 1. The molecule has 6 nitrogen and oxygen atoms in total. The third-order valence-corrected chi connectivity index (χ3v) is 3.12. The predicted octanol–water partition coefficient (Wildman–Crippen LogP) is 2.55. The number of nitrogen functional groups attached to an aromatic ring is 1. The molecule has 0 unspecified atom stereocenters. The Balaban J connectivity index is 1.81. The van der Waals surface area contributed by atoms with Crippen molar-refractivity contribution in [2.24, 2.45) is 0 Å². The van der Waals surface area contributed by atoms with Gasteiger partial charge in [-0.15, -0.1) is 0 Å². The number of nitrogens with zero attached hydrogens (tertiary/aromatic N) is 2. The van der Waals surface area contributed by atoms with Crippen LogP contribution in [0.4, 0.5) is 11.4 Å². The normalized spacial score (nSPS) is 10.4. The second kappa shape index (κ2) is 6.99. The number of anilines is 2. The first-order valence-electron chi connectivity index (χ1n) is 6.50. The molecule has 1 heterocycles. The Labute approximate surface area is 127 Å². The smallest absolute Gasteiger partial charge is 0.224 e. The maximum absolute atomic E-state index is 11.9. The Morgan fingerprint density at radius 1 is 1.52 bits per heavy atom. The maximum Gasteiger partial charge on any atom is 0.224 e. The molecule has 0 radical (unpaired) electrons. The average molecular weight is 309 g/mol. The predicted molar refractivity (Wildman–Crippen MR) is 82.5 cm³/mol. The molecule has 0 aliphatic rings. The Morgan fingerprint density at radius 3 is 2.95 bits per heavy atom. The van der Waals surface area contributed by atoms with Gasteiger partial charge in [0.05, 0.1) is 29.7 Å². The molecule has 0 aliphatic heterocycles. The van der Waals surface area contributed by atoms with Gasteiger partial charge < -0.3 is 15.8 Å². The van der Waals surface area contributed by atoms with Crippen molar-refractivity contribution in [3.63, 3.8) is 0 Å². The molecule has 3 N–H and O–H groups in total. The van der Waals surface area contributed by atoms with Gasteiger partial charge in [0.1, 0.15) is 5.75 Å². The van der Waals surface area contributed by atoms with Gasteiger partial charge in [0.15, 0.2) is 0 Å². The summed E-state index contributed by atoms with van der Waals surface area (Å²) in [6, 6.07) is 5.14. The van der Waals surface area contributed by atoms with Gasteiger partial charge in [0, 0.05) is 25.2 Å². The zero-order valence-electron chi connectivity index (χ0n) is 11.7. The van der Waals surface area contributed by atoms with Gasteiger partial charge >= 0.3 is 0 Å². The summed E-state index contributed by atoms with van der Waals surface area (Å²) in [6.45, 7) is 0.637. The van der Waals surface area contributed by atoms with E-state index in [0.29, 0.717) is 41.5 Å². The van der Waals surface area contributed by atoms with Crippen molar-refractivity contribution >= 4 is 28.9 Å². The number of benzene rings is 1. The Bertz CT molecular complexity index is 627. The SMILES string of the molecule is COc1ccc(NC(=O)CCCn2cc(Cl)cn2)c(N)c1. The lowest BCUT2D eigenvalue weighted by Crippen LogP contribution is -2.13. The van der Waals surface area contributed by atoms with Crippen LogP contribution >= 0.6 is 11.6 Å². The third kappa shape index (κ3) is 4.39. The fourth-order valence-corrected chi connectivity index (χ4v) is 2.01. The van der Waals surface area contributed by atoms with Crippen LogP contribution in [0, 0.1) is 0 Å². The molecule has 0 atom stereocenters. The zero-order valence-corrected chi connectivity index (χ0v) is 12.4. The second-order valence-electron chi connectivity index (χ2n) is 4.53. The van der Waals surface area contributed by atoms with E-state index >= 15 is 0 Å². The topological polar surface area (TPSA) is 82.2 Å². The molecule has 7 heteroatoms. The van der Waals surface area contributed by atoms with Crippen LogP contribution < -0.4 is 15.8 Å². The lowest BCUT2D eigenvalue weighted by Gasteiger charge is -2.09. The van der Waals surface area contributed by atoms with Crippen molar-refractivity contribution < 1.29 is 9.53 Å². The van der Waals surface area contributed by atoms with Gasteiger partial charge in [0.25, 0.3) is 0 Å². The minimum Gasteiger partial charge on any atom is -0.497 e. The lowest BCUT2D eigenvalue weighted by atomic mass is 10.2. The summed E-state index contributed by atoms with van der Waals surface area (Å²) in [6.07, 6.45) is 4.34. The number of nitrogens with one attached hydrogen (secondary N) is 1. The Kier molecular flexibility index (Phi) is 5.05. The number of aryl methyl sites for hydroxylation is 1. The van der Waals surface area contributed by atoms with Crippen molar-refractivity contribution in [3.05, 3.63) is 35.6 Å². The molecule has 1 aromatic heterocycles. The van der Waals surface area contributed by atoms with E-state index in [1.54, 1.807) is 42.4 Å². The van der Waals surface area contributed by atoms with Crippen LogP contribution in [0.15, 0.2) is 30.6 Å². The summed E-state index contributed by atoms with van der Waals surface area (Å²) in [5.41, 5.74) is 6.90. The first-order chi connectivity index (χ1) is 10.1. The van der Waals surface area contributed by atoms with E-state index in [0.717, 1.165) is 0 Å². The second-order valence-corrected chi connectivity index (χ2v) is 4.96. The van der Waals surface area contributed by atoms with Crippen molar-refractivity contribution in [1.29, 1.82) is 0 Å². The number of nitrogens with two attached hydrogens (primary N) is 1. The summed E-state index contributed by atoms with van der Waals surface area (Å²) >= 11 is 5.76. The van der Waals surface area contributed by atoms with Crippen molar-refractivity contribution in [3.8, 4) is 5.75 Å². The number of ether oxygens (including phenoxy) is 1. The molecular formula is C14H17ClN4O2. The highest BCUT2D eigenvalue weighted by molar-refractivity contribution is 6.30. The highest BCUT2D eigenvalue weighted by Crippen LogP contribution is 2.24. The van der Waals surface area contributed by atoms with Crippen molar-refractivity contribution in [2.45, 2.75) is 19.4 Å². The van der Waals surface area contributed by atoms with Crippen LogP contribution in [0.1, 0.15) is 12.8 Å². The van der Waals surface area contributed by atoms with Crippen LogP contribution in [0.5, 0.6) is 5.75 Å².